The van der Waals surface area contributed by atoms with Crippen LogP contribution in [0.4, 0.5) is 4.79 Å². The minimum absolute atomic E-state index is 0.0599. The van der Waals surface area contributed by atoms with Gasteiger partial charge < -0.3 is 30.3 Å². The number of methoxy groups -OCH3 is 1. The van der Waals surface area contributed by atoms with Crippen molar-refractivity contribution < 1.29 is 34.1 Å². The molecule has 1 rings (SSSR count). The predicted octanol–water partition coefficient (Wildman–Crippen LogP) is 0.867. The molecule has 4 N–H and O–H groups in total. The molecule has 1 aromatic rings. The number of esters is 1. The molecule has 9 nitrogen and oxygen atoms in total. The zero-order chi connectivity index (χ0) is 21.5. The van der Waals surface area contributed by atoms with Crippen molar-refractivity contribution in [2.45, 2.75) is 57.9 Å². The molecule has 0 fully saturated rings. The monoisotopic (exact) mass is 396 g/mol. The third kappa shape index (κ3) is 7.83. The molecule has 1 aromatic carbocycles. The Labute approximate surface area is 164 Å². The van der Waals surface area contributed by atoms with E-state index in [4.69, 9.17) is 4.74 Å². The summed E-state index contributed by atoms with van der Waals surface area (Å²) in [6, 6.07) is 3.71. The number of hydrogen-bond acceptors (Lipinski definition) is 7. The number of aromatic hydroxyl groups is 1. The summed E-state index contributed by atoms with van der Waals surface area (Å²) < 4.78 is 9.76. The van der Waals surface area contributed by atoms with Crippen LogP contribution in [0.15, 0.2) is 24.3 Å². The van der Waals surface area contributed by atoms with Crippen LogP contribution in [0.3, 0.4) is 0 Å². The number of aliphatic hydroxyl groups excluding tert-OH is 1. The van der Waals surface area contributed by atoms with Gasteiger partial charge in [0.25, 0.3) is 0 Å². The standard InChI is InChI=1S/C19H28N2O7/c1-11(22)15(17(25)27-5)21-16(24)14(20-18(26)28-19(2,3)4)10-12-6-8-13(23)9-7-12/h6-9,11,14-15,22-23H,10H2,1-5H3,(H,20,26)(H,21,24)/t11-,14-,15-/m1/s1. The second-order valence-electron chi connectivity index (χ2n) is 7.32. The van der Waals surface area contributed by atoms with Gasteiger partial charge in [0.2, 0.25) is 5.91 Å². The minimum atomic E-state index is -1.29. The Kier molecular flexibility index (Phi) is 8.24. The lowest BCUT2D eigenvalue weighted by Gasteiger charge is -2.25. The molecular formula is C19H28N2O7. The van der Waals surface area contributed by atoms with Crippen LogP contribution in [0, 0.1) is 0 Å². The van der Waals surface area contributed by atoms with E-state index >= 15 is 0 Å². The lowest BCUT2D eigenvalue weighted by Crippen LogP contribution is -2.56. The number of aliphatic hydroxyl groups is 1. The van der Waals surface area contributed by atoms with Gasteiger partial charge in [0.15, 0.2) is 6.04 Å². The Morgan fingerprint density at radius 2 is 1.68 bits per heavy atom. The Hall–Kier alpha value is -2.81. The SMILES string of the molecule is COC(=O)[C@H](NC(=O)[C@@H](Cc1ccc(O)cc1)NC(=O)OC(C)(C)C)[C@@H](C)O. The molecule has 0 saturated carbocycles. The second kappa shape index (κ2) is 9.93. The van der Waals surface area contributed by atoms with Crippen LogP contribution < -0.4 is 10.6 Å². The molecule has 3 atom stereocenters. The summed E-state index contributed by atoms with van der Waals surface area (Å²) in [5.74, 6) is -1.45. The zero-order valence-corrected chi connectivity index (χ0v) is 16.7. The van der Waals surface area contributed by atoms with Crippen LogP contribution >= 0.6 is 0 Å². The van der Waals surface area contributed by atoms with Crippen LogP contribution in [-0.2, 0) is 25.5 Å². The molecule has 28 heavy (non-hydrogen) atoms. The number of carbonyl (C=O) groups is 3. The number of ether oxygens (including phenoxy) is 2. The van der Waals surface area contributed by atoms with Gasteiger partial charge in [-0.15, -0.1) is 0 Å². The third-order valence-corrected chi connectivity index (χ3v) is 3.62. The number of amides is 2. The van der Waals surface area contributed by atoms with Crippen molar-refractivity contribution in [3.63, 3.8) is 0 Å². The van der Waals surface area contributed by atoms with E-state index in [0.29, 0.717) is 5.56 Å². The lowest BCUT2D eigenvalue weighted by atomic mass is 10.0. The topological polar surface area (TPSA) is 134 Å². The maximum atomic E-state index is 12.7. The summed E-state index contributed by atoms with van der Waals surface area (Å²) in [6.45, 7) is 6.38. The average molecular weight is 396 g/mol. The second-order valence-corrected chi connectivity index (χ2v) is 7.32. The Morgan fingerprint density at radius 3 is 2.14 bits per heavy atom. The number of phenolic OH excluding ortho intramolecular Hbond substituents is 1. The first-order valence-electron chi connectivity index (χ1n) is 8.76. The highest BCUT2D eigenvalue weighted by atomic mass is 16.6. The Balaban J connectivity index is 3.00. The lowest BCUT2D eigenvalue weighted by molar-refractivity contribution is -0.148. The van der Waals surface area contributed by atoms with Crippen molar-refractivity contribution in [2.75, 3.05) is 7.11 Å². The van der Waals surface area contributed by atoms with Gasteiger partial charge in [-0.25, -0.2) is 9.59 Å². The molecule has 0 spiro atoms. The number of rotatable bonds is 7. The molecule has 0 aromatic heterocycles. The Morgan fingerprint density at radius 1 is 1.11 bits per heavy atom. The molecule has 0 saturated heterocycles. The van der Waals surface area contributed by atoms with Crippen molar-refractivity contribution in [3.8, 4) is 5.75 Å². The third-order valence-electron chi connectivity index (χ3n) is 3.62. The zero-order valence-electron chi connectivity index (χ0n) is 16.7. The van der Waals surface area contributed by atoms with Crippen molar-refractivity contribution in [1.29, 1.82) is 0 Å². The van der Waals surface area contributed by atoms with Gasteiger partial charge in [-0.3, -0.25) is 4.79 Å². The molecule has 9 heteroatoms. The molecule has 156 valence electrons. The van der Waals surface area contributed by atoms with E-state index in [1.807, 2.05) is 0 Å². The fraction of sp³-hybridized carbons (Fsp3) is 0.526. The van der Waals surface area contributed by atoms with Crippen molar-refractivity contribution >= 4 is 18.0 Å². The largest absolute Gasteiger partial charge is 0.508 e. The van der Waals surface area contributed by atoms with Crippen LogP contribution in [0.5, 0.6) is 5.75 Å². The van der Waals surface area contributed by atoms with Gasteiger partial charge in [-0.1, -0.05) is 12.1 Å². The number of nitrogens with one attached hydrogen (secondary N) is 2. The van der Waals surface area contributed by atoms with Gasteiger partial charge >= 0.3 is 12.1 Å². The summed E-state index contributed by atoms with van der Waals surface area (Å²) in [5, 5.41) is 24.0. The van der Waals surface area contributed by atoms with E-state index in [1.165, 1.54) is 19.1 Å². The molecule has 0 bridgehead atoms. The fourth-order valence-electron chi connectivity index (χ4n) is 2.28. The summed E-state index contributed by atoms with van der Waals surface area (Å²) in [7, 11) is 1.14. The van der Waals surface area contributed by atoms with Crippen LogP contribution in [0.1, 0.15) is 33.3 Å². The molecule has 0 aliphatic heterocycles. The van der Waals surface area contributed by atoms with Crippen LogP contribution in [0.2, 0.25) is 0 Å². The molecule has 0 radical (unpaired) electrons. The van der Waals surface area contributed by atoms with E-state index in [1.54, 1.807) is 32.9 Å². The summed E-state index contributed by atoms with van der Waals surface area (Å²) in [6.07, 6.45) is -1.94. The molecular weight excluding hydrogens is 368 g/mol. The fourth-order valence-corrected chi connectivity index (χ4v) is 2.28. The highest BCUT2D eigenvalue weighted by molar-refractivity contribution is 5.90. The summed E-state index contributed by atoms with van der Waals surface area (Å²) >= 11 is 0. The highest BCUT2D eigenvalue weighted by Gasteiger charge is 2.31. The summed E-state index contributed by atoms with van der Waals surface area (Å²) in [5.41, 5.74) is -0.113. The summed E-state index contributed by atoms with van der Waals surface area (Å²) in [4.78, 5) is 36.6. The van der Waals surface area contributed by atoms with Gasteiger partial charge in [-0.2, -0.15) is 0 Å². The molecule has 2 amide bonds. The van der Waals surface area contributed by atoms with Crippen LogP contribution in [0.25, 0.3) is 0 Å². The van der Waals surface area contributed by atoms with Crippen LogP contribution in [-0.4, -0.2) is 59.1 Å². The van der Waals surface area contributed by atoms with Crippen molar-refractivity contribution in [2.24, 2.45) is 0 Å². The number of carbonyl (C=O) groups excluding carboxylic acids is 3. The van der Waals surface area contributed by atoms with E-state index in [0.717, 1.165) is 7.11 Å². The van der Waals surface area contributed by atoms with E-state index in [2.05, 4.69) is 15.4 Å². The first-order chi connectivity index (χ1) is 12.9. The maximum absolute atomic E-state index is 12.7. The average Bonchev–Trinajstić information content (AvgIpc) is 2.58. The maximum Gasteiger partial charge on any atom is 0.408 e. The van der Waals surface area contributed by atoms with E-state index in [-0.39, 0.29) is 12.2 Å². The van der Waals surface area contributed by atoms with Gasteiger partial charge in [0.1, 0.15) is 17.4 Å². The molecule has 0 heterocycles. The Bertz CT molecular complexity index is 681. The smallest absolute Gasteiger partial charge is 0.408 e. The van der Waals surface area contributed by atoms with Gasteiger partial charge in [-0.05, 0) is 45.4 Å². The molecule has 0 unspecified atom stereocenters. The first kappa shape index (κ1) is 23.2. The van der Waals surface area contributed by atoms with Crippen molar-refractivity contribution in [1.82, 2.24) is 10.6 Å². The minimum Gasteiger partial charge on any atom is -0.508 e. The van der Waals surface area contributed by atoms with E-state index < -0.39 is 41.8 Å². The van der Waals surface area contributed by atoms with Gasteiger partial charge in [0.05, 0.1) is 13.2 Å². The van der Waals surface area contributed by atoms with Crippen molar-refractivity contribution in [3.05, 3.63) is 29.8 Å². The predicted molar refractivity (Wildman–Crippen MR) is 101 cm³/mol. The molecule has 0 aliphatic rings. The number of benzene rings is 1. The molecule has 0 aliphatic carbocycles. The number of phenols is 1. The van der Waals surface area contributed by atoms with Gasteiger partial charge in [0, 0.05) is 6.42 Å². The quantitative estimate of drug-likeness (QED) is 0.502. The normalized spacial score (nSPS) is 14.4. The number of alkyl carbamates (subject to hydrolysis) is 1. The highest BCUT2D eigenvalue weighted by Crippen LogP contribution is 2.13. The first-order valence-corrected chi connectivity index (χ1v) is 8.76. The van der Waals surface area contributed by atoms with E-state index in [9.17, 15) is 24.6 Å². The number of hydrogen-bond donors (Lipinski definition) is 4.